The molecule has 12 rings (SSSR count). The molecule has 10 aromatic rings. The van der Waals surface area contributed by atoms with E-state index < -0.39 is 5.41 Å². The molecule has 0 aliphatic heterocycles. The molecule has 1 unspecified atom stereocenters. The van der Waals surface area contributed by atoms with Gasteiger partial charge in [0.25, 0.3) is 0 Å². The fourth-order valence-corrected chi connectivity index (χ4v) is 10.4. The van der Waals surface area contributed by atoms with Crippen molar-refractivity contribution in [3.8, 4) is 33.4 Å². The van der Waals surface area contributed by atoms with E-state index in [0.717, 1.165) is 51.0 Å². The lowest BCUT2D eigenvalue weighted by molar-refractivity contribution is 0.669. The van der Waals surface area contributed by atoms with Gasteiger partial charge >= 0.3 is 0 Å². The number of hydrogen-bond donors (Lipinski definition) is 0. The summed E-state index contributed by atoms with van der Waals surface area (Å²) >= 11 is 0. The van der Waals surface area contributed by atoms with Crippen LogP contribution < -0.4 is 4.90 Å². The van der Waals surface area contributed by atoms with Gasteiger partial charge in [0, 0.05) is 16.6 Å². The number of nitrogens with zero attached hydrogens (tertiary/aromatic N) is 1. The summed E-state index contributed by atoms with van der Waals surface area (Å²) in [7, 11) is 0. The SMILES string of the molecule is CCc1ccc2cccc3c2c1C1(c2ccccc2-c2ccc(N(c4ccccc4-c4ccccc4)c4cccc5oc6ccccc6c45)cc21)c1ccccc1-3. The zero-order valence-electron chi connectivity index (χ0n) is 31.5. The number of aryl methyl sites for hydroxylation is 1. The van der Waals surface area contributed by atoms with Gasteiger partial charge in [0.2, 0.25) is 0 Å². The predicted molar refractivity (Wildman–Crippen MR) is 237 cm³/mol. The average Bonchev–Trinajstić information content (AvgIpc) is 3.80. The lowest BCUT2D eigenvalue weighted by atomic mass is 9.60. The summed E-state index contributed by atoms with van der Waals surface area (Å²) < 4.78 is 6.54. The molecule has 0 bridgehead atoms. The van der Waals surface area contributed by atoms with Crippen molar-refractivity contribution in [1.82, 2.24) is 0 Å². The van der Waals surface area contributed by atoms with Gasteiger partial charge < -0.3 is 9.32 Å². The van der Waals surface area contributed by atoms with Crippen LogP contribution in [0.2, 0.25) is 0 Å². The van der Waals surface area contributed by atoms with Crippen LogP contribution in [-0.2, 0) is 11.8 Å². The summed E-state index contributed by atoms with van der Waals surface area (Å²) in [5.41, 5.74) is 18.9. The Bertz CT molecular complexity index is 3240. The molecule has 2 heteroatoms. The zero-order chi connectivity index (χ0) is 37.7. The predicted octanol–water partition coefficient (Wildman–Crippen LogP) is 14.8. The van der Waals surface area contributed by atoms with Crippen molar-refractivity contribution in [3.05, 3.63) is 222 Å². The summed E-state index contributed by atoms with van der Waals surface area (Å²) in [6, 6.07) is 71.6. The largest absolute Gasteiger partial charge is 0.456 e. The molecule has 2 aliphatic carbocycles. The number of benzene rings is 9. The first-order chi connectivity index (χ1) is 28.3. The highest BCUT2D eigenvalue weighted by Gasteiger charge is 2.51. The van der Waals surface area contributed by atoms with E-state index in [9.17, 15) is 0 Å². The van der Waals surface area contributed by atoms with Gasteiger partial charge in [-0.25, -0.2) is 0 Å². The van der Waals surface area contributed by atoms with Crippen LogP contribution in [0.1, 0.15) is 34.7 Å². The monoisotopic (exact) mass is 727 g/mol. The Morgan fingerprint density at radius 2 is 1.09 bits per heavy atom. The minimum atomic E-state index is -0.531. The third-order valence-corrected chi connectivity index (χ3v) is 12.6. The Morgan fingerprint density at radius 3 is 1.91 bits per heavy atom. The Balaban J connectivity index is 1.22. The minimum absolute atomic E-state index is 0.531. The molecule has 0 amide bonds. The quantitative estimate of drug-likeness (QED) is 0.175. The molecule has 1 spiro atoms. The summed E-state index contributed by atoms with van der Waals surface area (Å²) in [4.78, 5) is 2.48. The maximum atomic E-state index is 6.54. The molecule has 1 atom stereocenters. The smallest absolute Gasteiger partial charge is 0.137 e. The molecule has 1 aromatic heterocycles. The average molecular weight is 728 g/mol. The van der Waals surface area contributed by atoms with E-state index in [1.807, 2.05) is 0 Å². The highest BCUT2D eigenvalue weighted by atomic mass is 16.3. The van der Waals surface area contributed by atoms with E-state index >= 15 is 0 Å². The van der Waals surface area contributed by atoms with Gasteiger partial charge in [-0.3, -0.25) is 0 Å². The van der Waals surface area contributed by atoms with E-state index in [1.54, 1.807) is 0 Å². The first-order valence-electron chi connectivity index (χ1n) is 20.0. The molecular formula is C55H37NO. The van der Waals surface area contributed by atoms with E-state index in [0.29, 0.717) is 0 Å². The molecule has 57 heavy (non-hydrogen) atoms. The van der Waals surface area contributed by atoms with Crippen molar-refractivity contribution in [2.75, 3.05) is 4.90 Å². The van der Waals surface area contributed by atoms with Gasteiger partial charge in [0.15, 0.2) is 0 Å². The third kappa shape index (κ3) is 4.36. The summed E-state index contributed by atoms with van der Waals surface area (Å²) in [5, 5.41) is 4.86. The van der Waals surface area contributed by atoms with Crippen molar-refractivity contribution in [1.29, 1.82) is 0 Å². The maximum absolute atomic E-state index is 6.54. The molecule has 2 nitrogen and oxygen atoms in total. The zero-order valence-corrected chi connectivity index (χ0v) is 31.5. The summed E-state index contributed by atoms with van der Waals surface area (Å²) in [5.74, 6) is 0. The lowest BCUT2D eigenvalue weighted by Crippen LogP contribution is -2.33. The van der Waals surface area contributed by atoms with E-state index in [4.69, 9.17) is 4.42 Å². The Hall–Kier alpha value is -7.16. The van der Waals surface area contributed by atoms with Crippen molar-refractivity contribution in [3.63, 3.8) is 0 Å². The molecule has 0 saturated carbocycles. The molecule has 2 aliphatic rings. The standard InChI is InChI=1S/C55H37NO/c1-2-35-30-31-37-18-14-23-43-41-21-7-11-25-46(41)55(54(35)52(37)43)45-24-10-6-20-40(45)42-33-32-38(34-47(42)55)56(48-26-12-8-19-39(48)36-16-4-3-5-17-36)49-27-15-29-51-53(49)44-22-9-13-28-50(44)57-51/h3-34H,2H2,1H3. The Labute approximate surface area is 331 Å². The van der Waals surface area contributed by atoms with Crippen molar-refractivity contribution in [2.24, 2.45) is 0 Å². The van der Waals surface area contributed by atoms with E-state index in [2.05, 4.69) is 206 Å². The molecule has 0 fully saturated rings. The highest BCUT2D eigenvalue weighted by molar-refractivity contribution is 6.14. The van der Waals surface area contributed by atoms with Gasteiger partial charge in [0.1, 0.15) is 11.2 Å². The molecular weight excluding hydrogens is 691 g/mol. The van der Waals surface area contributed by atoms with Crippen LogP contribution in [0.5, 0.6) is 0 Å². The van der Waals surface area contributed by atoms with Crippen molar-refractivity contribution < 1.29 is 4.42 Å². The second-order valence-electron chi connectivity index (χ2n) is 15.4. The van der Waals surface area contributed by atoms with Crippen LogP contribution in [0.15, 0.2) is 199 Å². The topological polar surface area (TPSA) is 16.4 Å². The van der Waals surface area contributed by atoms with Gasteiger partial charge in [-0.2, -0.15) is 0 Å². The summed E-state index contributed by atoms with van der Waals surface area (Å²) in [6.07, 6.45) is 0.937. The minimum Gasteiger partial charge on any atom is -0.456 e. The maximum Gasteiger partial charge on any atom is 0.137 e. The number of fused-ring (bicyclic) bond motifs is 12. The van der Waals surface area contributed by atoms with Crippen molar-refractivity contribution >= 4 is 49.8 Å². The molecule has 0 radical (unpaired) electrons. The lowest BCUT2D eigenvalue weighted by Gasteiger charge is -2.41. The first kappa shape index (κ1) is 32.1. The molecule has 0 saturated heterocycles. The fraction of sp³-hybridized carbons (Fsp3) is 0.0545. The number of hydrogen-bond acceptors (Lipinski definition) is 2. The number of para-hydroxylation sites is 2. The van der Waals surface area contributed by atoms with Crippen LogP contribution in [0.3, 0.4) is 0 Å². The Kier molecular flexibility index (Phi) is 6.86. The van der Waals surface area contributed by atoms with Crippen molar-refractivity contribution in [2.45, 2.75) is 18.8 Å². The van der Waals surface area contributed by atoms with Gasteiger partial charge in [0.05, 0.1) is 22.2 Å². The fourth-order valence-electron chi connectivity index (χ4n) is 10.4. The molecule has 9 aromatic carbocycles. The molecule has 1 heterocycles. The van der Waals surface area contributed by atoms with Crippen LogP contribution in [0.25, 0.3) is 66.1 Å². The van der Waals surface area contributed by atoms with Gasteiger partial charge in [-0.1, -0.05) is 165 Å². The third-order valence-electron chi connectivity index (χ3n) is 12.6. The number of furan rings is 1. The van der Waals surface area contributed by atoms with Crippen LogP contribution in [-0.4, -0.2) is 0 Å². The van der Waals surface area contributed by atoms with Crippen LogP contribution >= 0.6 is 0 Å². The van der Waals surface area contributed by atoms with E-state index in [1.165, 1.54) is 66.4 Å². The number of anilines is 3. The second kappa shape index (κ2) is 12.2. The summed E-state index contributed by atoms with van der Waals surface area (Å²) in [6.45, 7) is 2.31. The first-order valence-corrected chi connectivity index (χ1v) is 20.0. The molecule has 268 valence electrons. The van der Waals surface area contributed by atoms with Gasteiger partial charge in [-0.15, -0.1) is 0 Å². The molecule has 0 N–H and O–H groups in total. The van der Waals surface area contributed by atoms with Crippen LogP contribution in [0, 0.1) is 0 Å². The second-order valence-corrected chi connectivity index (χ2v) is 15.4. The van der Waals surface area contributed by atoms with E-state index in [-0.39, 0.29) is 0 Å². The van der Waals surface area contributed by atoms with Crippen LogP contribution in [0.4, 0.5) is 17.1 Å². The van der Waals surface area contributed by atoms with Gasteiger partial charge in [-0.05, 0) is 109 Å². The number of rotatable bonds is 5. The Morgan fingerprint density at radius 1 is 0.456 bits per heavy atom. The normalized spacial score (nSPS) is 14.9. The highest BCUT2D eigenvalue weighted by Crippen LogP contribution is 2.63.